The minimum Gasteiger partial charge on any atom is -0.487 e. The molecule has 2 N–H and O–H groups in total. The normalized spacial score (nSPS) is 15.2. The lowest BCUT2D eigenvalue weighted by Gasteiger charge is -2.24. The number of benzene rings is 3. The van der Waals surface area contributed by atoms with E-state index in [4.69, 9.17) is 22.1 Å². The van der Waals surface area contributed by atoms with E-state index >= 15 is 0 Å². The molecule has 1 saturated heterocycles. The van der Waals surface area contributed by atoms with Gasteiger partial charge in [-0.25, -0.2) is 8.61 Å². The van der Waals surface area contributed by atoms with Crippen LogP contribution in [0.3, 0.4) is 0 Å². The molecule has 0 atom stereocenters. The van der Waals surface area contributed by atoms with Gasteiger partial charge in [-0.15, -0.1) is 0 Å². The van der Waals surface area contributed by atoms with Crippen LogP contribution in [0.2, 0.25) is 30.7 Å². The standard InChI is InChI=1S/C28H34ClN3O4SSi/c1-20-14-24(29)17-23(28(20)30)15-22-10-11-25(26(16-22)36-19-21-8-6-5-7-9-21)32-18-27(33)31(37(32,34)35)12-13-38(2,3)4/h5-11,14,16-17H,12-13,15,18-19,30H2,1-4H3. The van der Waals surface area contributed by atoms with Gasteiger partial charge < -0.3 is 10.5 Å². The number of rotatable bonds is 9. The number of anilines is 2. The van der Waals surface area contributed by atoms with Crippen molar-refractivity contribution in [1.82, 2.24) is 4.31 Å². The number of carbonyl (C=O) groups excluding carboxylic acids is 1. The largest absolute Gasteiger partial charge is 0.487 e. The van der Waals surface area contributed by atoms with Crippen LogP contribution in [0.15, 0.2) is 60.7 Å². The highest BCUT2D eigenvalue weighted by atomic mass is 35.5. The first-order valence-electron chi connectivity index (χ1n) is 12.5. The second-order valence-electron chi connectivity index (χ2n) is 10.8. The highest BCUT2D eigenvalue weighted by molar-refractivity contribution is 7.91. The summed E-state index contributed by atoms with van der Waals surface area (Å²) in [7, 11) is -5.58. The highest BCUT2D eigenvalue weighted by Crippen LogP contribution is 2.37. The van der Waals surface area contributed by atoms with E-state index in [0.29, 0.717) is 34.6 Å². The van der Waals surface area contributed by atoms with Crippen LogP contribution in [0.1, 0.15) is 22.3 Å². The first-order valence-corrected chi connectivity index (χ1v) is 18.0. The zero-order valence-electron chi connectivity index (χ0n) is 22.2. The minimum atomic E-state index is -4.03. The Morgan fingerprint density at radius 2 is 1.74 bits per heavy atom. The molecule has 1 fully saturated rings. The maximum absolute atomic E-state index is 13.5. The second-order valence-corrected chi connectivity index (χ2v) is 18.7. The Bertz CT molecular complexity index is 1440. The Hall–Kier alpha value is -3.01. The van der Waals surface area contributed by atoms with Crippen molar-refractivity contribution >= 4 is 47.2 Å². The minimum absolute atomic E-state index is 0.194. The Balaban J connectivity index is 1.69. The summed E-state index contributed by atoms with van der Waals surface area (Å²) in [5.74, 6) is -0.0457. The second kappa shape index (κ2) is 11.0. The van der Waals surface area contributed by atoms with Crippen molar-refractivity contribution in [3.63, 3.8) is 0 Å². The number of aryl methyl sites for hydroxylation is 1. The van der Waals surface area contributed by atoms with Crippen LogP contribution in [0.4, 0.5) is 11.4 Å². The van der Waals surface area contributed by atoms with E-state index in [2.05, 4.69) is 19.6 Å². The molecule has 0 unspecified atom stereocenters. The summed E-state index contributed by atoms with van der Waals surface area (Å²) in [6, 6.07) is 19.3. The maximum Gasteiger partial charge on any atom is 0.329 e. The summed E-state index contributed by atoms with van der Waals surface area (Å²) in [6.45, 7) is 8.55. The van der Waals surface area contributed by atoms with Crippen molar-refractivity contribution in [2.45, 2.75) is 45.6 Å². The van der Waals surface area contributed by atoms with Gasteiger partial charge in [0.15, 0.2) is 0 Å². The summed E-state index contributed by atoms with van der Waals surface area (Å²) >= 11 is 6.27. The monoisotopic (exact) mass is 571 g/mol. The molecule has 4 rings (SSSR count). The molecule has 1 aliphatic rings. The summed E-state index contributed by atoms with van der Waals surface area (Å²) in [4.78, 5) is 12.8. The molecule has 0 radical (unpaired) electrons. The topological polar surface area (TPSA) is 92.9 Å². The van der Waals surface area contributed by atoms with Crippen LogP contribution < -0.4 is 14.8 Å². The molecule has 0 aliphatic carbocycles. The summed E-state index contributed by atoms with van der Waals surface area (Å²) in [6.07, 6.45) is 0.489. The Kier molecular flexibility index (Phi) is 8.11. The van der Waals surface area contributed by atoms with Gasteiger partial charge in [0.25, 0.3) is 5.91 Å². The molecule has 7 nitrogen and oxygen atoms in total. The fraction of sp³-hybridized carbons (Fsp3) is 0.321. The van der Waals surface area contributed by atoms with E-state index in [9.17, 15) is 13.2 Å². The molecule has 0 bridgehead atoms. The van der Waals surface area contributed by atoms with Gasteiger partial charge in [-0.1, -0.05) is 67.6 Å². The Morgan fingerprint density at radius 1 is 1.03 bits per heavy atom. The number of nitrogens with zero attached hydrogens (tertiary/aromatic N) is 2. The quantitative estimate of drug-likeness (QED) is 0.265. The molecule has 3 aromatic rings. The van der Waals surface area contributed by atoms with Gasteiger partial charge in [0.1, 0.15) is 18.9 Å². The number of ether oxygens (including phenoxy) is 1. The van der Waals surface area contributed by atoms with Crippen LogP contribution >= 0.6 is 11.6 Å². The fourth-order valence-electron chi connectivity index (χ4n) is 4.33. The SMILES string of the molecule is Cc1cc(Cl)cc(Cc2ccc(N3CC(=O)N(CC[Si](C)(C)C)S3(=O)=O)c(OCc3ccccc3)c2)c1N. The predicted molar refractivity (Wildman–Crippen MR) is 157 cm³/mol. The zero-order chi connectivity index (χ0) is 27.7. The van der Waals surface area contributed by atoms with Crippen LogP contribution in [-0.4, -0.2) is 39.8 Å². The highest BCUT2D eigenvalue weighted by Gasteiger charge is 2.43. The first kappa shape index (κ1) is 28.0. The van der Waals surface area contributed by atoms with Crippen molar-refractivity contribution in [2.75, 3.05) is 23.1 Å². The Labute approximate surface area is 231 Å². The van der Waals surface area contributed by atoms with Crippen molar-refractivity contribution in [3.8, 4) is 5.75 Å². The molecular weight excluding hydrogens is 538 g/mol. The molecule has 1 heterocycles. The summed E-state index contributed by atoms with van der Waals surface area (Å²) in [5.41, 5.74) is 10.9. The van der Waals surface area contributed by atoms with Crippen molar-refractivity contribution < 1.29 is 17.9 Å². The van der Waals surface area contributed by atoms with E-state index < -0.39 is 24.2 Å². The van der Waals surface area contributed by atoms with Crippen molar-refractivity contribution in [2.24, 2.45) is 0 Å². The average Bonchev–Trinajstić information content (AvgIpc) is 3.07. The van der Waals surface area contributed by atoms with Crippen molar-refractivity contribution in [3.05, 3.63) is 87.9 Å². The molecule has 10 heteroatoms. The van der Waals surface area contributed by atoms with E-state index in [0.717, 1.165) is 30.9 Å². The third kappa shape index (κ3) is 6.34. The number of nitrogens with two attached hydrogens (primary N) is 1. The lowest BCUT2D eigenvalue weighted by molar-refractivity contribution is -0.123. The molecule has 1 aliphatic heterocycles. The van der Waals surface area contributed by atoms with Crippen LogP contribution in [0.5, 0.6) is 5.75 Å². The third-order valence-electron chi connectivity index (χ3n) is 6.54. The van der Waals surface area contributed by atoms with Gasteiger partial charge in [0, 0.05) is 25.3 Å². The molecule has 0 spiro atoms. The van der Waals surface area contributed by atoms with E-state index in [1.54, 1.807) is 6.07 Å². The number of halogens is 1. The lowest BCUT2D eigenvalue weighted by atomic mass is 10.00. The number of nitrogen functional groups attached to an aromatic ring is 1. The van der Waals surface area contributed by atoms with E-state index in [1.165, 1.54) is 0 Å². The molecular formula is C28H34ClN3O4SSi. The van der Waals surface area contributed by atoms with Gasteiger partial charge in [-0.3, -0.25) is 4.79 Å². The molecule has 38 heavy (non-hydrogen) atoms. The van der Waals surface area contributed by atoms with Crippen molar-refractivity contribution in [1.29, 1.82) is 0 Å². The fourth-order valence-corrected chi connectivity index (χ4v) is 7.23. The lowest BCUT2D eigenvalue weighted by Crippen LogP contribution is -2.37. The predicted octanol–water partition coefficient (Wildman–Crippen LogP) is 5.63. The van der Waals surface area contributed by atoms with Gasteiger partial charge in [-0.05, 0) is 65.9 Å². The maximum atomic E-state index is 13.5. The smallest absolute Gasteiger partial charge is 0.329 e. The van der Waals surface area contributed by atoms with E-state index in [-0.39, 0.29) is 19.7 Å². The van der Waals surface area contributed by atoms with Gasteiger partial charge >= 0.3 is 10.2 Å². The number of hydrogen-bond acceptors (Lipinski definition) is 5. The molecule has 0 aromatic heterocycles. The van der Waals surface area contributed by atoms with Crippen LogP contribution in [0, 0.1) is 6.92 Å². The number of hydrogen-bond donors (Lipinski definition) is 1. The summed E-state index contributed by atoms with van der Waals surface area (Å²) < 4.78 is 35.4. The van der Waals surface area contributed by atoms with Crippen LogP contribution in [0.25, 0.3) is 0 Å². The first-order chi connectivity index (χ1) is 17.8. The van der Waals surface area contributed by atoms with Gasteiger partial charge in [0.2, 0.25) is 0 Å². The zero-order valence-corrected chi connectivity index (χ0v) is 24.8. The number of carbonyl (C=O) groups is 1. The molecule has 3 aromatic carbocycles. The van der Waals surface area contributed by atoms with E-state index in [1.807, 2.05) is 61.5 Å². The molecule has 0 saturated carbocycles. The average molecular weight is 572 g/mol. The molecule has 202 valence electrons. The van der Waals surface area contributed by atoms with Crippen LogP contribution in [-0.2, 0) is 28.0 Å². The van der Waals surface area contributed by atoms with Gasteiger partial charge in [0.05, 0.1) is 5.69 Å². The third-order valence-corrected chi connectivity index (χ3v) is 10.3. The molecule has 1 amide bonds. The number of amides is 1. The Morgan fingerprint density at radius 3 is 2.42 bits per heavy atom. The van der Waals surface area contributed by atoms with Gasteiger partial charge in [-0.2, -0.15) is 8.42 Å². The summed E-state index contributed by atoms with van der Waals surface area (Å²) in [5, 5.41) is 0.601.